The zero-order chi connectivity index (χ0) is 12.6. The third-order valence-electron chi connectivity index (χ3n) is 2.27. The first-order chi connectivity index (χ1) is 7.65. The van der Waals surface area contributed by atoms with Crippen LogP contribution in [0.5, 0.6) is 0 Å². The molecule has 0 fully saturated rings. The van der Waals surface area contributed by atoms with Crippen molar-refractivity contribution in [3.8, 4) is 0 Å². The fraction of sp³-hybridized carbons (Fsp3) is 0.400. The molecule has 1 heterocycles. The van der Waals surface area contributed by atoms with Crippen molar-refractivity contribution in [1.29, 1.82) is 0 Å². The molecule has 0 aromatic carbocycles. The Balaban J connectivity index is 0.00000106. The van der Waals surface area contributed by atoms with Gasteiger partial charge in [0, 0.05) is 11.9 Å². The Morgan fingerprint density at radius 2 is 2.00 bits per heavy atom. The minimum atomic E-state index is 0.507. The summed E-state index contributed by atoms with van der Waals surface area (Å²) in [5.74, 6) is 0.507. The summed E-state index contributed by atoms with van der Waals surface area (Å²) in [5, 5.41) is 0. The molecule has 0 aliphatic heterocycles. The van der Waals surface area contributed by atoms with Crippen LogP contribution in [0.4, 0.5) is 0 Å². The van der Waals surface area contributed by atoms with Gasteiger partial charge in [0.1, 0.15) is 0 Å². The van der Waals surface area contributed by atoms with Crippen LogP contribution in [-0.2, 0) is 0 Å². The van der Waals surface area contributed by atoms with E-state index < -0.39 is 0 Å². The number of hydrogen-bond donors (Lipinski definition) is 0. The molecule has 1 nitrogen and oxygen atoms in total. The lowest BCUT2D eigenvalue weighted by Crippen LogP contribution is -1.91. The predicted octanol–water partition coefficient (Wildman–Crippen LogP) is 4.64. The molecule has 1 aromatic rings. The summed E-state index contributed by atoms with van der Waals surface area (Å²) in [5.41, 5.74) is 3.49. The van der Waals surface area contributed by atoms with Crippen molar-refractivity contribution >= 4 is 6.08 Å². The van der Waals surface area contributed by atoms with Gasteiger partial charge < -0.3 is 0 Å². The zero-order valence-electron chi connectivity index (χ0n) is 11.1. The Morgan fingerprint density at radius 1 is 1.38 bits per heavy atom. The molecular weight excluding hydrogens is 194 g/mol. The summed E-state index contributed by atoms with van der Waals surface area (Å²) in [7, 11) is 0. The van der Waals surface area contributed by atoms with Gasteiger partial charge in [-0.2, -0.15) is 0 Å². The van der Waals surface area contributed by atoms with Crippen molar-refractivity contribution in [3.05, 3.63) is 47.8 Å². The molecule has 16 heavy (non-hydrogen) atoms. The van der Waals surface area contributed by atoms with Crippen molar-refractivity contribution in [1.82, 2.24) is 4.98 Å². The molecule has 0 N–H and O–H groups in total. The maximum absolute atomic E-state index is 4.25. The standard InChI is InChI=1S/C13H17N.C2H6/c1-5-12(10(2)3)9-13-7-6-8-14-11(13)4;1-2/h5-10H,1H2,2-4H3;1-2H3/b12-9+;. The van der Waals surface area contributed by atoms with Crippen molar-refractivity contribution in [2.45, 2.75) is 34.6 Å². The first kappa shape index (κ1) is 14.6. The molecular formula is C15H23N. The third kappa shape index (κ3) is 4.43. The molecule has 1 rings (SSSR count). The molecule has 0 atom stereocenters. The maximum Gasteiger partial charge on any atom is 0.0444 e. The molecule has 0 saturated carbocycles. The minimum Gasteiger partial charge on any atom is -0.261 e. The second-order valence-corrected chi connectivity index (χ2v) is 3.68. The molecule has 0 aliphatic carbocycles. The summed E-state index contributed by atoms with van der Waals surface area (Å²) in [6, 6.07) is 4.04. The fourth-order valence-corrected chi connectivity index (χ4v) is 1.29. The van der Waals surface area contributed by atoms with E-state index in [-0.39, 0.29) is 0 Å². The zero-order valence-corrected chi connectivity index (χ0v) is 11.1. The average molecular weight is 217 g/mol. The normalized spacial score (nSPS) is 10.8. The molecule has 0 aliphatic rings. The first-order valence-corrected chi connectivity index (χ1v) is 5.90. The van der Waals surface area contributed by atoms with Crippen LogP contribution in [0, 0.1) is 12.8 Å². The molecule has 88 valence electrons. The van der Waals surface area contributed by atoms with Gasteiger partial charge in [0.2, 0.25) is 0 Å². The highest BCUT2D eigenvalue weighted by Gasteiger charge is 2.00. The van der Waals surface area contributed by atoms with E-state index in [1.165, 1.54) is 11.1 Å². The Hall–Kier alpha value is -1.37. The highest BCUT2D eigenvalue weighted by atomic mass is 14.7. The predicted molar refractivity (Wildman–Crippen MR) is 73.3 cm³/mol. The largest absolute Gasteiger partial charge is 0.261 e. The van der Waals surface area contributed by atoms with Crippen LogP contribution in [0.1, 0.15) is 39.0 Å². The van der Waals surface area contributed by atoms with Crippen molar-refractivity contribution in [2.75, 3.05) is 0 Å². The first-order valence-electron chi connectivity index (χ1n) is 5.90. The van der Waals surface area contributed by atoms with E-state index in [1.54, 1.807) is 0 Å². The van der Waals surface area contributed by atoms with Gasteiger partial charge in [-0.05, 0) is 36.1 Å². The van der Waals surface area contributed by atoms with Gasteiger partial charge in [-0.25, -0.2) is 0 Å². The number of rotatable bonds is 3. The highest BCUT2D eigenvalue weighted by Crippen LogP contribution is 2.16. The second kappa shape index (κ2) is 7.86. The summed E-state index contributed by atoms with van der Waals surface area (Å²) in [6.07, 6.45) is 5.88. The number of hydrogen-bond acceptors (Lipinski definition) is 1. The molecule has 0 saturated heterocycles. The van der Waals surface area contributed by atoms with E-state index in [4.69, 9.17) is 0 Å². The van der Waals surface area contributed by atoms with Gasteiger partial charge >= 0.3 is 0 Å². The van der Waals surface area contributed by atoms with E-state index in [0.717, 1.165) is 5.69 Å². The van der Waals surface area contributed by atoms with Crippen molar-refractivity contribution < 1.29 is 0 Å². The molecule has 0 bridgehead atoms. The van der Waals surface area contributed by atoms with Gasteiger partial charge in [0.15, 0.2) is 0 Å². The number of pyridine rings is 1. The molecule has 1 aromatic heterocycles. The van der Waals surface area contributed by atoms with E-state index >= 15 is 0 Å². The smallest absolute Gasteiger partial charge is 0.0444 e. The lowest BCUT2D eigenvalue weighted by atomic mass is 10.0. The van der Waals surface area contributed by atoms with E-state index in [9.17, 15) is 0 Å². The summed E-state index contributed by atoms with van der Waals surface area (Å²) in [4.78, 5) is 4.25. The fourth-order valence-electron chi connectivity index (χ4n) is 1.29. The van der Waals surface area contributed by atoms with Gasteiger partial charge in [0.05, 0.1) is 0 Å². The summed E-state index contributed by atoms with van der Waals surface area (Å²) >= 11 is 0. The van der Waals surface area contributed by atoms with E-state index in [0.29, 0.717) is 5.92 Å². The number of nitrogens with zero attached hydrogens (tertiary/aromatic N) is 1. The highest BCUT2D eigenvalue weighted by molar-refractivity contribution is 5.57. The van der Waals surface area contributed by atoms with E-state index in [2.05, 4.69) is 37.6 Å². The van der Waals surface area contributed by atoms with Gasteiger partial charge in [-0.3, -0.25) is 4.98 Å². The third-order valence-corrected chi connectivity index (χ3v) is 2.27. The average Bonchev–Trinajstić information content (AvgIpc) is 2.30. The quantitative estimate of drug-likeness (QED) is 0.672. The summed E-state index contributed by atoms with van der Waals surface area (Å²) < 4.78 is 0. The van der Waals surface area contributed by atoms with Crippen LogP contribution >= 0.6 is 0 Å². The maximum atomic E-state index is 4.25. The molecule has 0 unspecified atom stereocenters. The number of aryl methyl sites for hydroxylation is 1. The van der Waals surface area contributed by atoms with Crippen LogP contribution in [0.15, 0.2) is 36.6 Å². The topological polar surface area (TPSA) is 12.9 Å². The lowest BCUT2D eigenvalue weighted by Gasteiger charge is -2.06. The monoisotopic (exact) mass is 217 g/mol. The minimum absolute atomic E-state index is 0.507. The van der Waals surface area contributed by atoms with Crippen molar-refractivity contribution in [3.63, 3.8) is 0 Å². The molecule has 0 amide bonds. The Bertz CT molecular complexity index is 348. The van der Waals surface area contributed by atoms with Crippen LogP contribution in [0.3, 0.4) is 0 Å². The van der Waals surface area contributed by atoms with Crippen molar-refractivity contribution in [2.24, 2.45) is 5.92 Å². The van der Waals surface area contributed by atoms with Crippen LogP contribution in [-0.4, -0.2) is 4.98 Å². The number of allylic oxidation sites excluding steroid dienone is 2. The SMILES string of the molecule is C=C/C(=C\c1cccnc1C)C(C)C.CC. The number of aromatic nitrogens is 1. The Kier molecular flexibility index (Phi) is 7.19. The van der Waals surface area contributed by atoms with Gasteiger partial charge in [-0.1, -0.05) is 46.4 Å². The Labute approximate surface area is 99.9 Å². The van der Waals surface area contributed by atoms with Gasteiger partial charge in [0.25, 0.3) is 0 Å². The van der Waals surface area contributed by atoms with Crippen LogP contribution in [0.2, 0.25) is 0 Å². The molecule has 0 radical (unpaired) electrons. The van der Waals surface area contributed by atoms with Crippen LogP contribution in [0.25, 0.3) is 6.08 Å². The summed E-state index contributed by atoms with van der Waals surface area (Å²) in [6.45, 7) is 14.2. The Morgan fingerprint density at radius 3 is 2.44 bits per heavy atom. The molecule has 1 heteroatoms. The van der Waals surface area contributed by atoms with Crippen LogP contribution < -0.4 is 0 Å². The molecule has 0 spiro atoms. The second-order valence-electron chi connectivity index (χ2n) is 3.68. The lowest BCUT2D eigenvalue weighted by molar-refractivity contribution is 0.798. The van der Waals surface area contributed by atoms with E-state index in [1.807, 2.05) is 39.1 Å². The van der Waals surface area contributed by atoms with Gasteiger partial charge in [-0.15, -0.1) is 0 Å².